The van der Waals surface area contributed by atoms with Crippen molar-refractivity contribution in [3.05, 3.63) is 70.8 Å². The number of rotatable bonds is 8. The third-order valence-corrected chi connectivity index (χ3v) is 6.55. The number of fused-ring (bicyclic) bond motifs is 1. The minimum Gasteiger partial charge on any atom is -0.395 e. The average Bonchev–Trinajstić information content (AvgIpc) is 3.16. The average molecular weight is 447 g/mol. The summed E-state index contributed by atoms with van der Waals surface area (Å²) in [5.41, 5.74) is 5.05. The number of carbonyl (C=O) groups excluding carboxylic acids is 1. The summed E-state index contributed by atoms with van der Waals surface area (Å²) in [5, 5.41) is 32.5. The molecule has 0 saturated carbocycles. The molecular formula is C22H26N2O6S. The first-order valence-electron chi connectivity index (χ1n) is 9.83. The molecule has 8 nitrogen and oxygen atoms in total. The number of carbonyl (C=O) groups is 1. The largest absolute Gasteiger partial charge is 0.395 e. The molecule has 3 unspecified atom stereocenters. The molecule has 0 heterocycles. The fourth-order valence-corrected chi connectivity index (χ4v) is 4.40. The van der Waals surface area contributed by atoms with Gasteiger partial charge in [0.05, 0.1) is 23.6 Å². The minimum absolute atomic E-state index is 0.0594. The zero-order valence-electron chi connectivity index (χ0n) is 17.0. The van der Waals surface area contributed by atoms with Crippen LogP contribution in [0.3, 0.4) is 0 Å². The van der Waals surface area contributed by atoms with Crippen molar-refractivity contribution in [2.75, 3.05) is 12.9 Å². The number of benzene rings is 2. The van der Waals surface area contributed by atoms with Crippen molar-refractivity contribution in [2.45, 2.75) is 35.9 Å². The Morgan fingerprint density at radius 3 is 2.55 bits per heavy atom. The molecule has 2 aromatic rings. The predicted molar refractivity (Wildman–Crippen MR) is 115 cm³/mol. The van der Waals surface area contributed by atoms with E-state index in [0.29, 0.717) is 5.56 Å². The van der Waals surface area contributed by atoms with Gasteiger partial charge >= 0.3 is 0 Å². The van der Waals surface area contributed by atoms with E-state index in [1.54, 1.807) is 23.7 Å². The van der Waals surface area contributed by atoms with Gasteiger partial charge in [-0.05, 0) is 53.3 Å². The van der Waals surface area contributed by atoms with Crippen LogP contribution in [0, 0.1) is 0 Å². The number of hydroxylamine groups is 1. The van der Waals surface area contributed by atoms with E-state index in [-0.39, 0.29) is 17.5 Å². The van der Waals surface area contributed by atoms with E-state index in [4.69, 9.17) is 5.21 Å². The van der Waals surface area contributed by atoms with Crippen LogP contribution < -0.4 is 10.8 Å². The molecule has 3 rings (SSSR count). The fourth-order valence-electron chi connectivity index (χ4n) is 3.77. The van der Waals surface area contributed by atoms with Crippen molar-refractivity contribution in [1.82, 2.24) is 10.8 Å². The Morgan fingerprint density at radius 1 is 1.23 bits per heavy atom. The highest BCUT2D eigenvalue weighted by Gasteiger charge is 2.28. The third-order valence-electron chi connectivity index (χ3n) is 5.43. The minimum atomic E-state index is -3.32. The van der Waals surface area contributed by atoms with Gasteiger partial charge in [-0.25, -0.2) is 13.9 Å². The number of sulfone groups is 1. The lowest BCUT2D eigenvalue weighted by Crippen LogP contribution is -2.39. The van der Waals surface area contributed by atoms with E-state index in [2.05, 4.69) is 5.32 Å². The van der Waals surface area contributed by atoms with Gasteiger partial charge in [-0.15, -0.1) is 0 Å². The molecule has 0 saturated heterocycles. The van der Waals surface area contributed by atoms with Gasteiger partial charge in [0.15, 0.2) is 9.84 Å². The Kier molecular flexibility index (Phi) is 7.24. The highest BCUT2D eigenvalue weighted by atomic mass is 32.2. The van der Waals surface area contributed by atoms with Gasteiger partial charge in [0.2, 0.25) is 0 Å². The normalized spacial score (nSPS) is 18.0. The molecule has 1 aliphatic carbocycles. The van der Waals surface area contributed by atoms with Gasteiger partial charge in [0, 0.05) is 18.4 Å². The van der Waals surface area contributed by atoms with Crippen LogP contribution in [0.5, 0.6) is 0 Å². The maximum Gasteiger partial charge on any atom is 0.267 e. The summed E-state index contributed by atoms with van der Waals surface area (Å²) >= 11 is 0. The summed E-state index contributed by atoms with van der Waals surface area (Å²) in [4.78, 5) is 11.3. The summed E-state index contributed by atoms with van der Waals surface area (Å²) in [6.07, 6.45) is 4.54. The number of aryl methyl sites for hydroxylation is 1. The second kappa shape index (κ2) is 9.71. The Hall–Kier alpha value is -2.56. The quantitative estimate of drug-likeness (QED) is 0.234. The number of nitrogens with one attached hydrogen (secondary N) is 2. The highest BCUT2D eigenvalue weighted by Crippen LogP contribution is 2.33. The van der Waals surface area contributed by atoms with Gasteiger partial charge in [0.1, 0.15) is 0 Å². The van der Waals surface area contributed by atoms with Crippen LogP contribution in [0.4, 0.5) is 0 Å². The van der Waals surface area contributed by atoms with Crippen LogP contribution in [0.25, 0.3) is 6.08 Å². The molecule has 5 N–H and O–H groups in total. The molecular weight excluding hydrogens is 420 g/mol. The number of amides is 1. The van der Waals surface area contributed by atoms with Crippen LogP contribution in [0.2, 0.25) is 0 Å². The molecule has 1 amide bonds. The topological polar surface area (TPSA) is 136 Å². The van der Waals surface area contributed by atoms with Crippen LogP contribution in [-0.2, 0) is 21.1 Å². The van der Waals surface area contributed by atoms with Gasteiger partial charge in [-0.1, -0.05) is 30.3 Å². The Bertz CT molecular complexity index is 1070. The summed E-state index contributed by atoms with van der Waals surface area (Å²) in [7, 11) is -3.32. The summed E-state index contributed by atoms with van der Waals surface area (Å²) in [6, 6.07) is 11.1. The van der Waals surface area contributed by atoms with Crippen LogP contribution in [0.1, 0.15) is 40.8 Å². The van der Waals surface area contributed by atoms with Gasteiger partial charge in [-0.3, -0.25) is 10.0 Å². The Labute approximate surface area is 181 Å². The number of aliphatic hydroxyl groups is 2. The number of hydrogen-bond acceptors (Lipinski definition) is 7. The lowest BCUT2D eigenvalue weighted by molar-refractivity contribution is -0.124. The molecule has 3 atom stereocenters. The second-order valence-electron chi connectivity index (χ2n) is 7.60. The Balaban J connectivity index is 1.72. The van der Waals surface area contributed by atoms with E-state index < -0.39 is 27.9 Å². The van der Waals surface area contributed by atoms with E-state index in [1.165, 1.54) is 18.2 Å². The van der Waals surface area contributed by atoms with Crippen LogP contribution in [0.15, 0.2) is 53.4 Å². The molecule has 0 aliphatic heterocycles. The number of hydrogen-bond donors (Lipinski definition) is 5. The van der Waals surface area contributed by atoms with Crippen molar-refractivity contribution in [3.63, 3.8) is 0 Å². The SMILES string of the molecule is CS(=O)(=O)c1ccc(C(O)C(CO)NC2CCc3cc(C=CC(=O)NO)ccc32)cc1. The molecule has 0 aromatic heterocycles. The first kappa shape index (κ1) is 23.1. The molecule has 0 fully saturated rings. The van der Waals surface area contributed by atoms with Crippen molar-refractivity contribution >= 4 is 21.8 Å². The smallest absolute Gasteiger partial charge is 0.267 e. The van der Waals surface area contributed by atoms with Crippen molar-refractivity contribution in [2.24, 2.45) is 0 Å². The molecule has 1 aliphatic rings. The molecule has 166 valence electrons. The van der Waals surface area contributed by atoms with Gasteiger partial charge in [-0.2, -0.15) is 0 Å². The van der Waals surface area contributed by atoms with E-state index in [0.717, 1.165) is 35.8 Å². The van der Waals surface area contributed by atoms with E-state index >= 15 is 0 Å². The van der Waals surface area contributed by atoms with Gasteiger partial charge in [0.25, 0.3) is 5.91 Å². The molecule has 2 aromatic carbocycles. The third kappa shape index (κ3) is 5.57. The summed E-state index contributed by atoms with van der Waals surface area (Å²) < 4.78 is 23.2. The second-order valence-corrected chi connectivity index (χ2v) is 9.62. The maximum absolute atomic E-state index is 11.6. The molecule has 0 radical (unpaired) electrons. The fraction of sp³-hybridized carbons (Fsp3) is 0.318. The molecule has 0 spiro atoms. The van der Waals surface area contributed by atoms with Crippen LogP contribution in [-0.4, -0.2) is 48.6 Å². The van der Waals surface area contributed by atoms with Gasteiger partial charge < -0.3 is 15.5 Å². The predicted octanol–water partition coefficient (Wildman–Crippen LogP) is 1.28. The summed E-state index contributed by atoms with van der Waals surface area (Å²) in [5.74, 6) is -0.607. The maximum atomic E-state index is 11.6. The van der Waals surface area contributed by atoms with Crippen molar-refractivity contribution in [3.8, 4) is 0 Å². The van der Waals surface area contributed by atoms with Crippen LogP contribution >= 0.6 is 0 Å². The van der Waals surface area contributed by atoms with E-state index in [1.807, 2.05) is 18.2 Å². The first-order chi connectivity index (χ1) is 14.7. The lowest BCUT2D eigenvalue weighted by atomic mass is 10.00. The van der Waals surface area contributed by atoms with Crippen molar-refractivity contribution < 1.29 is 28.6 Å². The molecule has 0 bridgehead atoms. The van der Waals surface area contributed by atoms with E-state index in [9.17, 15) is 23.4 Å². The number of aliphatic hydroxyl groups excluding tert-OH is 2. The molecule has 9 heteroatoms. The highest BCUT2D eigenvalue weighted by molar-refractivity contribution is 7.90. The standard InChI is InChI=1S/C22H26N2O6S/c1-31(29,30)17-7-4-15(5-8-17)22(27)20(13-25)23-19-10-6-16-12-14(2-9-18(16)19)3-11-21(26)24-28/h2-5,7-9,11-12,19-20,22-23,25,27-28H,6,10,13H2,1H3,(H,24,26). The zero-order valence-corrected chi connectivity index (χ0v) is 17.8. The lowest BCUT2D eigenvalue weighted by Gasteiger charge is -2.27. The monoisotopic (exact) mass is 446 g/mol. The first-order valence-corrected chi connectivity index (χ1v) is 11.7. The molecule has 31 heavy (non-hydrogen) atoms. The Morgan fingerprint density at radius 2 is 1.94 bits per heavy atom. The zero-order chi connectivity index (χ0) is 22.6. The summed E-state index contributed by atoms with van der Waals surface area (Å²) in [6.45, 7) is -0.294. The van der Waals surface area contributed by atoms with Crippen molar-refractivity contribution in [1.29, 1.82) is 0 Å².